The van der Waals surface area contributed by atoms with Gasteiger partial charge < -0.3 is 20.5 Å². The Labute approximate surface area is 204 Å². The van der Waals surface area contributed by atoms with Crippen LogP contribution in [0, 0.1) is 5.41 Å². The predicted octanol–water partition coefficient (Wildman–Crippen LogP) is 3.53. The van der Waals surface area contributed by atoms with Gasteiger partial charge in [0.25, 0.3) is 0 Å². The van der Waals surface area contributed by atoms with Gasteiger partial charge in [0, 0.05) is 38.0 Å². The Morgan fingerprint density at radius 3 is 2.56 bits per heavy atom. The molecule has 8 nitrogen and oxygen atoms in total. The lowest BCUT2D eigenvalue weighted by Crippen LogP contribution is -2.32. The number of hydrogen-bond acceptors (Lipinski definition) is 5. The molecule has 1 amide bonds. The summed E-state index contributed by atoms with van der Waals surface area (Å²) in [7, 11) is 3.77. The van der Waals surface area contributed by atoms with Crippen LogP contribution in [0.5, 0.6) is 0 Å². The van der Waals surface area contributed by atoms with Crippen LogP contribution >= 0.6 is 12.4 Å². The number of halogens is 1. The molecule has 0 radical (unpaired) electrons. The summed E-state index contributed by atoms with van der Waals surface area (Å²) in [6, 6.07) is 19.1. The lowest BCUT2D eigenvalue weighted by atomic mass is 10.1. The molecule has 0 aliphatic heterocycles. The molecular weight excluding hydrogens is 450 g/mol. The molecule has 0 unspecified atom stereocenters. The van der Waals surface area contributed by atoms with Crippen LogP contribution in [0.1, 0.15) is 17.0 Å². The average molecular weight is 478 g/mol. The fourth-order valence-corrected chi connectivity index (χ4v) is 3.67. The Bertz CT molecular complexity index is 1290. The first kappa shape index (κ1) is 24.7. The second kappa shape index (κ2) is 10.8. The van der Waals surface area contributed by atoms with Crippen molar-refractivity contribution in [2.75, 3.05) is 23.8 Å². The zero-order valence-corrected chi connectivity index (χ0v) is 20.0. The summed E-state index contributed by atoms with van der Waals surface area (Å²) in [4.78, 5) is 23.3. The Morgan fingerprint density at radius 1 is 1.12 bits per heavy atom. The third kappa shape index (κ3) is 5.52. The van der Waals surface area contributed by atoms with Gasteiger partial charge >= 0.3 is 0 Å². The highest BCUT2D eigenvalue weighted by molar-refractivity contribution is 5.97. The number of carbonyl (C=O) groups is 1. The van der Waals surface area contributed by atoms with E-state index < -0.39 is 0 Å². The first-order valence-electron chi connectivity index (χ1n) is 10.7. The molecule has 4 rings (SSSR count). The van der Waals surface area contributed by atoms with E-state index in [2.05, 4.69) is 14.9 Å². The van der Waals surface area contributed by atoms with Gasteiger partial charge in [-0.1, -0.05) is 30.3 Å². The molecule has 2 heterocycles. The molecule has 0 atom stereocenters. The maximum atomic E-state index is 12.6. The molecule has 34 heavy (non-hydrogen) atoms. The van der Waals surface area contributed by atoms with Gasteiger partial charge in [0.2, 0.25) is 5.91 Å². The molecule has 0 aliphatic rings. The van der Waals surface area contributed by atoms with Gasteiger partial charge in [0.05, 0.1) is 17.6 Å². The quantitative estimate of drug-likeness (QED) is 0.265. The number of imidazole rings is 1. The van der Waals surface area contributed by atoms with E-state index in [9.17, 15) is 4.79 Å². The fourth-order valence-electron chi connectivity index (χ4n) is 3.67. The second-order valence-electron chi connectivity index (χ2n) is 7.89. The van der Waals surface area contributed by atoms with Crippen molar-refractivity contribution in [3.8, 4) is 0 Å². The van der Waals surface area contributed by atoms with Crippen molar-refractivity contribution in [1.29, 1.82) is 5.41 Å². The van der Waals surface area contributed by atoms with Crippen molar-refractivity contribution >= 4 is 46.7 Å². The van der Waals surface area contributed by atoms with E-state index in [1.54, 1.807) is 18.1 Å². The number of aromatic nitrogens is 3. The molecule has 0 bridgehead atoms. The number of nitrogens with zero attached hydrogens (tertiary/aromatic N) is 4. The number of carbonyl (C=O) groups excluding carboxylic acids is 1. The van der Waals surface area contributed by atoms with Gasteiger partial charge in [0.1, 0.15) is 17.5 Å². The van der Waals surface area contributed by atoms with Crippen LogP contribution in [0.3, 0.4) is 0 Å². The van der Waals surface area contributed by atoms with Crippen LogP contribution in [-0.4, -0.2) is 39.9 Å². The van der Waals surface area contributed by atoms with Crippen molar-refractivity contribution in [1.82, 2.24) is 14.5 Å². The van der Waals surface area contributed by atoms with Crippen molar-refractivity contribution < 1.29 is 4.79 Å². The summed E-state index contributed by atoms with van der Waals surface area (Å²) >= 11 is 0. The van der Waals surface area contributed by atoms with Gasteiger partial charge in [-0.05, 0) is 42.3 Å². The van der Waals surface area contributed by atoms with Crippen molar-refractivity contribution in [2.45, 2.75) is 12.8 Å². The maximum Gasteiger partial charge on any atom is 0.246 e. The molecule has 2 aromatic heterocycles. The van der Waals surface area contributed by atoms with E-state index in [0.717, 1.165) is 41.0 Å². The molecule has 0 aliphatic carbocycles. The SMILES string of the molecule is CN(C(=O)CNc1ccccn1)c1ccc2c(c1)nc(CCc1ccc(C(=N)N)cc1)n2C.Cl. The lowest BCUT2D eigenvalue weighted by molar-refractivity contribution is -0.116. The largest absolute Gasteiger partial charge is 0.384 e. The number of nitrogens with one attached hydrogen (secondary N) is 2. The summed E-state index contributed by atoms with van der Waals surface area (Å²) in [6.45, 7) is 0.154. The molecule has 9 heteroatoms. The molecule has 0 saturated carbocycles. The Morgan fingerprint density at radius 2 is 1.88 bits per heavy atom. The maximum absolute atomic E-state index is 12.6. The van der Waals surface area contributed by atoms with Gasteiger partial charge in [-0.2, -0.15) is 0 Å². The van der Waals surface area contributed by atoms with Crippen molar-refractivity contribution in [2.24, 2.45) is 12.8 Å². The van der Waals surface area contributed by atoms with E-state index in [1.165, 1.54) is 5.56 Å². The minimum Gasteiger partial charge on any atom is -0.384 e. The predicted molar refractivity (Wildman–Crippen MR) is 139 cm³/mol. The van der Waals surface area contributed by atoms with Crippen LogP contribution < -0.4 is 16.0 Å². The third-order valence-corrected chi connectivity index (χ3v) is 5.71. The van der Waals surface area contributed by atoms with Crippen molar-refractivity contribution in [3.05, 3.63) is 83.8 Å². The van der Waals surface area contributed by atoms with Crippen LogP contribution in [0.2, 0.25) is 0 Å². The first-order chi connectivity index (χ1) is 15.9. The van der Waals surface area contributed by atoms with Gasteiger partial charge in [-0.3, -0.25) is 10.2 Å². The number of nitrogens with two attached hydrogens (primary N) is 1. The van der Waals surface area contributed by atoms with E-state index in [0.29, 0.717) is 5.82 Å². The Kier molecular flexibility index (Phi) is 7.86. The minimum atomic E-state index is -0.0647. The third-order valence-electron chi connectivity index (χ3n) is 5.71. The standard InChI is InChI=1S/C25H27N7O.ClH/c1-31(24(33)16-29-22-5-3-4-14-28-22)19-11-12-21-20(15-19)30-23(32(21)2)13-8-17-6-9-18(10-7-17)25(26)27;/h3-7,9-12,14-15H,8,13,16H2,1-2H3,(H3,26,27)(H,28,29);1H. The van der Waals surface area contributed by atoms with Crippen LogP contribution in [0.25, 0.3) is 11.0 Å². The molecule has 0 fully saturated rings. The number of benzene rings is 2. The van der Waals surface area contributed by atoms with Gasteiger partial charge in [-0.15, -0.1) is 12.4 Å². The smallest absolute Gasteiger partial charge is 0.246 e. The van der Waals surface area contributed by atoms with Crippen LogP contribution in [0.15, 0.2) is 66.9 Å². The number of likely N-dealkylation sites (N-methyl/N-ethyl adjacent to an activating group) is 1. The number of fused-ring (bicyclic) bond motifs is 1. The van der Waals surface area contributed by atoms with Crippen molar-refractivity contribution in [3.63, 3.8) is 0 Å². The number of pyridine rings is 1. The van der Waals surface area contributed by atoms with E-state index in [4.69, 9.17) is 16.1 Å². The number of amidine groups is 1. The minimum absolute atomic E-state index is 0. The lowest BCUT2D eigenvalue weighted by Gasteiger charge is -2.18. The number of aryl methyl sites for hydroxylation is 3. The number of nitrogen functional groups attached to an aromatic ring is 1. The highest BCUT2D eigenvalue weighted by atomic mass is 35.5. The highest BCUT2D eigenvalue weighted by Crippen LogP contribution is 2.23. The first-order valence-corrected chi connectivity index (χ1v) is 10.7. The van der Waals surface area contributed by atoms with Gasteiger partial charge in [-0.25, -0.2) is 9.97 Å². The number of hydrogen-bond donors (Lipinski definition) is 3. The summed E-state index contributed by atoms with van der Waals surface area (Å²) in [5.41, 5.74) is 10.1. The zero-order valence-electron chi connectivity index (χ0n) is 19.2. The second-order valence-corrected chi connectivity index (χ2v) is 7.89. The van der Waals surface area contributed by atoms with Crippen LogP contribution in [0.4, 0.5) is 11.5 Å². The fraction of sp³-hybridized carbons (Fsp3) is 0.200. The molecule has 0 saturated heterocycles. The topological polar surface area (TPSA) is 113 Å². The summed E-state index contributed by atoms with van der Waals surface area (Å²) in [5.74, 6) is 1.65. The summed E-state index contributed by atoms with van der Waals surface area (Å²) < 4.78 is 2.09. The van der Waals surface area contributed by atoms with Crippen LogP contribution in [-0.2, 0) is 24.7 Å². The van der Waals surface area contributed by atoms with E-state index >= 15 is 0 Å². The van der Waals surface area contributed by atoms with Gasteiger partial charge in [0.15, 0.2) is 0 Å². The molecule has 176 valence electrons. The number of rotatable bonds is 8. The van der Waals surface area contributed by atoms with E-state index in [-0.39, 0.29) is 30.7 Å². The Balaban J connectivity index is 0.00000324. The number of amides is 1. The molecule has 2 aromatic carbocycles. The molecule has 0 spiro atoms. The number of anilines is 2. The monoisotopic (exact) mass is 477 g/mol. The summed E-state index contributed by atoms with van der Waals surface area (Å²) in [5, 5.41) is 10.5. The highest BCUT2D eigenvalue weighted by Gasteiger charge is 2.14. The molecular formula is C25H28ClN7O. The summed E-state index contributed by atoms with van der Waals surface area (Å²) in [6.07, 6.45) is 3.30. The average Bonchev–Trinajstić information content (AvgIpc) is 3.16. The zero-order chi connectivity index (χ0) is 23.4. The Hall–Kier alpha value is -3.91. The normalized spacial score (nSPS) is 10.5. The molecule has 4 N–H and O–H groups in total. The van der Waals surface area contributed by atoms with E-state index in [1.807, 2.05) is 67.7 Å². The molecule has 4 aromatic rings.